The Bertz CT molecular complexity index is 1020. The van der Waals surface area contributed by atoms with E-state index in [9.17, 15) is 10.1 Å². The molecule has 0 bridgehead atoms. The molecule has 0 fully saturated rings. The molecule has 3 aromatic heterocycles. The SMILES string of the molecule is CCOC(=O)c1c(-c2ccco2)c(C#N)c2n(nc(SCC)[n+]2C)c1N. The maximum Gasteiger partial charge on any atom is 0.344 e. The van der Waals surface area contributed by atoms with Gasteiger partial charge in [-0.1, -0.05) is 11.4 Å². The van der Waals surface area contributed by atoms with E-state index in [1.807, 2.05) is 6.92 Å². The standard InChI is InChI=1S/C17H17N5O3S/c1-4-24-16(23)13-12(11-7-6-8-25-11)10(9-18)15-21(3)17(26-5-2)20-22(15)14(13)19/h6-8,19H,4-5H2,1-3H3/p+1. The van der Waals surface area contributed by atoms with Crippen LogP contribution >= 0.6 is 11.8 Å². The monoisotopic (exact) mass is 372 g/mol. The van der Waals surface area contributed by atoms with Gasteiger partial charge in [-0.05, 0) is 30.8 Å². The highest BCUT2D eigenvalue weighted by Crippen LogP contribution is 2.34. The molecule has 0 aliphatic heterocycles. The highest BCUT2D eigenvalue weighted by Gasteiger charge is 2.34. The quantitative estimate of drug-likeness (QED) is 0.415. The number of anilines is 1. The van der Waals surface area contributed by atoms with Gasteiger partial charge in [-0.15, -0.1) is 0 Å². The van der Waals surface area contributed by atoms with Gasteiger partial charge in [-0.3, -0.25) is 0 Å². The molecule has 9 heteroatoms. The summed E-state index contributed by atoms with van der Waals surface area (Å²) in [6, 6.07) is 5.53. The smallest absolute Gasteiger partial charge is 0.344 e. The Morgan fingerprint density at radius 2 is 2.31 bits per heavy atom. The molecule has 0 aliphatic carbocycles. The summed E-state index contributed by atoms with van der Waals surface area (Å²) in [5.74, 6) is 0.639. The Kier molecular flexibility index (Phi) is 4.86. The van der Waals surface area contributed by atoms with Gasteiger partial charge in [0.15, 0.2) is 0 Å². The maximum atomic E-state index is 12.6. The highest BCUT2D eigenvalue weighted by atomic mass is 32.2. The van der Waals surface area contributed by atoms with E-state index in [1.54, 1.807) is 30.7 Å². The van der Waals surface area contributed by atoms with Crippen LogP contribution in [-0.2, 0) is 11.8 Å². The number of pyridine rings is 1. The number of nitriles is 1. The van der Waals surface area contributed by atoms with Gasteiger partial charge in [-0.25, -0.2) is 9.36 Å². The Morgan fingerprint density at radius 1 is 1.54 bits per heavy atom. The zero-order valence-electron chi connectivity index (χ0n) is 14.6. The molecule has 2 N–H and O–H groups in total. The fraction of sp³-hybridized carbons (Fsp3) is 0.294. The van der Waals surface area contributed by atoms with Gasteiger partial charge in [0.25, 0.3) is 5.65 Å². The second kappa shape index (κ2) is 7.09. The van der Waals surface area contributed by atoms with E-state index in [2.05, 4.69) is 11.2 Å². The zero-order chi connectivity index (χ0) is 18.8. The van der Waals surface area contributed by atoms with Crippen molar-refractivity contribution in [2.45, 2.75) is 19.0 Å². The lowest BCUT2D eigenvalue weighted by Crippen LogP contribution is -2.31. The van der Waals surface area contributed by atoms with Crippen molar-refractivity contribution in [1.82, 2.24) is 9.61 Å². The fourth-order valence-corrected chi connectivity index (χ4v) is 3.46. The molecule has 0 aromatic carbocycles. The largest absolute Gasteiger partial charge is 0.464 e. The molecule has 0 saturated carbocycles. The Balaban J connectivity index is 2.48. The van der Waals surface area contributed by atoms with Crippen LogP contribution in [0.25, 0.3) is 17.0 Å². The average molecular weight is 372 g/mol. The van der Waals surface area contributed by atoms with E-state index in [4.69, 9.17) is 14.9 Å². The summed E-state index contributed by atoms with van der Waals surface area (Å²) >= 11 is 1.51. The van der Waals surface area contributed by atoms with Gasteiger partial charge in [0.2, 0.25) is 5.82 Å². The minimum atomic E-state index is -0.627. The molecule has 8 nitrogen and oxygen atoms in total. The number of hydrogen-bond donors (Lipinski definition) is 1. The molecule has 0 radical (unpaired) electrons. The molecule has 0 saturated heterocycles. The van der Waals surface area contributed by atoms with Crippen molar-refractivity contribution in [2.24, 2.45) is 7.05 Å². The molecule has 3 aromatic rings. The minimum Gasteiger partial charge on any atom is -0.464 e. The van der Waals surface area contributed by atoms with Crippen LogP contribution in [-0.4, -0.2) is 27.9 Å². The predicted octanol–water partition coefficient (Wildman–Crippen LogP) is 2.16. The van der Waals surface area contributed by atoms with E-state index in [0.29, 0.717) is 22.1 Å². The average Bonchev–Trinajstić information content (AvgIpc) is 3.25. The Morgan fingerprint density at radius 3 is 2.88 bits per heavy atom. The number of aromatic nitrogens is 3. The van der Waals surface area contributed by atoms with Gasteiger partial charge in [0.1, 0.15) is 23.0 Å². The topological polar surface area (TPSA) is 110 Å². The summed E-state index contributed by atoms with van der Waals surface area (Å²) in [5.41, 5.74) is 7.40. The number of carbonyl (C=O) groups is 1. The highest BCUT2D eigenvalue weighted by molar-refractivity contribution is 7.99. The number of nitrogen functional groups attached to an aromatic ring is 1. The zero-order valence-corrected chi connectivity index (χ0v) is 15.5. The van der Waals surface area contributed by atoms with Crippen LogP contribution in [0.5, 0.6) is 0 Å². The van der Waals surface area contributed by atoms with Crippen LogP contribution in [0.15, 0.2) is 28.0 Å². The lowest BCUT2D eigenvalue weighted by atomic mass is 10.0. The molecule has 3 rings (SSSR count). The number of rotatable bonds is 5. The third kappa shape index (κ3) is 2.68. The van der Waals surface area contributed by atoms with Crippen molar-refractivity contribution in [3.05, 3.63) is 29.5 Å². The van der Waals surface area contributed by atoms with E-state index < -0.39 is 5.97 Å². The van der Waals surface area contributed by atoms with Crippen LogP contribution in [0.3, 0.4) is 0 Å². The van der Waals surface area contributed by atoms with Crippen molar-refractivity contribution < 1.29 is 18.5 Å². The minimum absolute atomic E-state index is 0.0713. The summed E-state index contributed by atoms with van der Waals surface area (Å²) in [5, 5.41) is 15.0. The third-order valence-corrected chi connectivity index (χ3v) is 4.73. The van der Waals surface area contributed by atoms with Gasteiger partial charge in [0, 0.05) is 5.75 Å². The third-order valence-electron chi connectivity index (χ3n) is 3.83. The predicted molar refractivity (Wildman–Crippen MR) is 95.6 cm³/mol. The normalized spacial score (nSPS) is 10.8. The van der Waals surface area contributed by atoms with Crippen molar-refractivity contribution in [3.8, 4) is 17.4 Å². The van der Waals surface area contributed by atoms with Crippen molar-refractivity contribution in [1.29, 1.82) is 5.26 Å². The van der Waals surface area contributed by atoms with Crippen LogP contribution in [0.2, 0.25) is 0 Å². The van der Waals surface area contributed by atoms with Gasteiger partial charge in [-0.2, -0.15) is 5.26 Å². The number of furan rings is 1. The molecule has 0 atom stereocenters. The van der Waals surface area contributed by atoms with E-state index in [0.717, 1.165) is 5.75 Å². The first-order valence-electron chi connectivity index (χ1n) is 8.03. The molecule has 3 heterocycles. The number of fused-ring (bicyclic) bond motifs is 1. The van der Waals surface area contributed by atoms with Crippen LogP contribution < -0.4 is 10.3 Å². The van der Waals surface area contributed by atoms with Gasteiger partial charge >= 0.3 is 11.1 Å². The number of nitrogens with zero attached hydrogens (tertiary/aromatic N) is 4. The first kappa shape index (κ1) is 17.8. The van der Waals surface area contributed by atoms with Crippen LogP contribution in [0, 0.1) is 11.3 Å². The molecule has 0 aliphatic rings. The molecular weight excluding hydrogens is 354 g/mol. The molecule has 0 spiro atoms. The number of ether oxygens (including phenoxy) is 1. The van der Waals surface area contributed by atoms with Gasteiger partial charge < -0.3 is 14.9 Å². The van der Waals surface area contributed by atoms with Crippen molar-refractivity contribution >= 4 is 29.2 Å². The number of thioether (sulfide) groups is 1. The molecule has 0 unspecified atom stereocenters. The summed E-state index contributed by atoms with van der Waals surface area (Å²) in [6.07, 6.45) is 1.47. The van der Waals surface area contributed by atoms with Crippen LogP contribution in [0.4, 0.5) is 5.82 Å². The summed E-state index contributed by atoms with van der Waals surface area (Å²) in [4.78, 5) is 12.6. The second-order valence-corrected chi connectivity index (χ2v) is 6.56. The summed E-state index contributed by atoms with van der Waals surface area (Å²) in [6.45, 7) is 3.88. The first-order chi connectivity index (χ1) is 12.5. The fourth-order valence-electron chi connectivity index (χ4n) is 2.78. The number of carbonyl (C=O) groups excluding carboxylic acids is 1. The summed E-state index contributed by atoms with van der Waals surface area (Å²) < 4.78 is 13.8. The maximum absolute atomic E-state index is 12.6. The lowest BCUT2D eigenvalue weighted by molar-refractivity contribution is -0.684. The number of esters is 1. The number of nitrogens with two attached hydrogens (primary N) is 1. The van der Waals surface area contributed by atoms with Crippen molar-refractivity contribution in [3.63, 3.8) is 0 Å². The summed E-state index contributed by atoms with van der Waals surface area (Å²) in [7, 11) is 1.80. The Hall–Kier alpha value is -2.99. The molecule has 0 amide bonds. The Labute approximate surface area is 154 Å². The van der Waals surface area contributed by atoms with E-state index in [-0.39, 0.29) is 23.6 Å². The number of aryl methyl sites for hydroxylation is 1. The molecule has 26 heavy (non-hydrogen) atoms. The molecule has 134 valence electrons. The second-order valence-electron chi connectivity index (χ2n) is 5.33. The molecular formula is C17H18N5O3S+. The van der Waals surface area contributed by atoms with Crippen LogP contribution in [0.1, 0.15) is 29.8 Å². The van der Waals surface area contributed by atoms with Crippen molar-refractivity contribution in [2.75, 3.05) is 18.1 Å². The van der Waals surface area contributed by atoms with E-state index in [1.165, 1.54) is 22.5 Å². The van der Waals surface area contributed by atoms with Gasteiger partial charge in [0.05, 0.1) is 30.6 Å². The lowest BCUT2D eigenvalue weighted by Gasteiger charge is -2.10. The number of hydrogen-bond acceptors (Lipinski definition) is 7. The first-order valence-corrected chi connectivity index (χ1v) is 9.01. The van der Waals surface area contributed by atoms with E-state index >= 15 is 0 Å².